The van der Waals surface area contributed by atoms with Gasteiger partial charge in [0.1, 0.15) is 5.41 Å². The Bertz CT molecular complexity index is 467. The molecule has 4 nitrogen and oxygen atoms in total. The van der Waals surface area contributed by atoms with Crippen LogP contribution in [-0.4, -0.2) is 18.4 Å². The Hall–Kier alpha value is -1.37. The van der Waals surface area contributed by atoms with E-state index in [1.807, 2.05) is 0 Å². The number of rotatable bonds is 3. The first-order chi connectivity index (χ1) is 9.61. The van der Waals surface area contributed by atoms with Crippen LogP contribution in [0.1, 0.15) is 45.4 Å². The first-order valence-electron chi connectivity index (χ1n) is 7.70. The van der Waals surface area contributed by atoms with E-state index in [-0.39, 0.29) is 30.6 Å². The normalized spacial score (nSPS) is 42.1. The van der Waals surface area contributed by atoms with Gasteiger partial charge in [0, 0.05) is 5.92 Å². The molecule has 0 radical (unpaired) electrons. The fourth-order valence-electron chi connectivity index (χ4n) is 4.99. The fraction of sp³-hybridized carbons (Fsp3) is 0.812. The number of esters is 1. The molecule has 3 unspecified atom stereocenters. The van der Waals surface area contributed by atoms with Gasteiger partial charge < -0.3 is 4.74 Å². The van der Waals surface area contributed by atoms with Crippen LogP contribution < -0.4 is 0 Å². The van der Waals surface area contributed by atoms with Crippen molar-refractivity contribution in [2.45, 2.75) is 45.4 Å². The largest absolute Gasteiger partial charge is 0.465 e. The molecule has 0 aromatic heterocycles. The van der Waals surface area contributed by atoms with Crippen LogP contribution in [0.2, 0.25) is 0 Å². The molecule has 4 rings (SSSR count). The smallest absolute Gasteiger partial charge is 0.320 e. The van der Waals surface area contributed by atoms with Gasteiger partial charge in [-0.1, -0.05) is 0 Å². The molecular formula is C16H21NO3. The van der Waals surface area contributed by atoms with E-state index in [2.05, 4.69) is 6.07 Å². The van der Waals surface area contributed by atoms with Crippen molar-refractivity contribution in [3.63, 3.8) is 0 Å². The Labute approximate surface area is 119 Å². The molecule has 4 aliphatic rings. The van der Waals surface area contributed by atoms with Crippen LogP contribution in [0.5, 0.6) is 0 Å². The molecule has 0 amide bonds. The Balaban J connectivity index is 2.05. The molecule has 4 bridgehead atoms. The molecule has 0 aromatic rings. The predicted molar refractivity (Wildman–Crippen MR) is 71.3 cm³/mol. The number of carbonyl (C=O) groups is 2. The van der Waals surface area contributed by atoms with Gasteiger partial charge in [0.2, 0.25) is 0 Å². The SMILES string of the molecule is CCOC(=O)C1(CC#N)C(=O)C2CC3CC(C2)CC1C3. The molecule has 0 saturated heterocycles. The zero-order valence-electron chi connectivity index (χ0n) is 11.9. The van der Waals surface area contributed by atoms with E-state index in [0.717, 1.165) is 25.7 Å². The van der Waals surface area contributed by atoms with Gasteiger partial charge in [0.15, 0.2) is 5.78 Å². The molecule has 108 valence electrons. The van der Waals surface area contributed by atoms with Gasteiger partial charge in [-0.05, 0) is 56.8 Å². The lowest BCUT2D eigenvalue weighted by Crippen LogP contribution is -2.47. The molecular weight excluding hydrogens is 254 g/mol. The standard InChI is InChI=1S/C16H21NO3/c1-2-20-15(19)16(3-4-17)13-8-10-5-11(9-13)7-12(6-10)14(16)18/h10-13H,2-3,5-9H2,1H3. The molecule has 4 aliphatic carbocycles. The van der Waals surface area contributed by atoms with Gasteiger partial charge in [-0.25, -0.2) is 0 Å². The Morgan fingerprint density at radius 3 is 2.50 bits per heavy atom. The van der Waals surface area contributed by atoms with E-state index in [1.54, 1.807) is 6.92 Å². The summed E-state index contributed by atoms with van der Waals surface area (Å²) >= 11 is 0. The lowest BCUT2D eigenvalue weighted by Gasteiger charge is -2.40. The van der Waals surface area contributed by atoms with Crippen LogP contribution in [0.15, 0.2) is 0 Å². The number of ether oxygens (including phenoxy) is 1. The summed E-state index contributed by atoms with van der Waals surface area (Å²) in [5.74, 6) is 0.693. The number of fused-ring (bicyclic) bond motifs is 1. The third-order valence-corrected chi connectivity index (χ3v) is 5.64. The monoisotopic (exact) mass is 275 g/mol. The highest BCUT2D eigenvalue weighted by molar-refractivity contribution is 6.06. The van der Waals surface area contributed by atoms with Crippen molar-refractivity contribution >= 4 is 11.8 Å². The predicted octanol–water partition coefficient (Wildman–Crippen LogP) is 2.47. The van der Waals surface area contributed by atoms with Crippen LogP contribution in [0.25, 0.3) is 0 Å². The molecule has 0 aliphatic heterocycles. The highest BCUT2D eigenvalue weighted by atomic mass is 16.5. The minimum Gasteiger partial charge on any atom is -0.465 e. The third-order valence-electron chi connectivity index (χ3n) is 5.64. The van der Waals surface area contributed by atoms with Crippen molar-refractivity contribution in [1.29, 1.82) is 5.26 Å². The van der Waals surface area contributed by atoms with Gasteiger partial charge in [-0.15, -0.1) is 0 Å². The van der Waals surface area contributed by atoms with Gasteiger partial charge >= 0.3 is 5.97 Å². The Morgan fingerprint density at radius 1 is 1.30 bits per heavy atom. The molecule has 0 aromatic carbocycles. The van der Waals surface area contributed by atoms with Gasteiger partial charge in [-0.3, -0.25) is 9.59 Å². The minimum atomic E-state index is -1.17. The van der Waals surface area contributed by atoms with E-state index in [4.69, 9.17) is 4.74 Å². The minimum absolute atomic E-state index is 0.00667. The number of hydrogen-bond acceptors (Lipinski definition) is 4. The summed E-state index contributed by atoms with van der Waals surface area (Å²) in [4.78, 5) is 25.5. The number of nitrogens with zero attached hydrogens (tertiary/aromatic N) is 1. The van der Waals surface area contributed by atoms with Crippen molar-refractivity contribution in [3.05, 3.63) is 0 Å². The maximum absolute atomic E-state index is 13.0. The summed E-state index contributed by atoms with van der Waals surface area (Å²) in [6, 6.07) is 2.10. The Morgan fingerprint density at radius 2 is 1.95 bits per heavy atom. The molecule has 4 heteroatoms. The first kappa shape index (κ1) is 13.6. The van der Waals surface area contributed by atoms with E-state index in [9.17, 15) is 14.9 Å². The number of ketones is 1. The highest BCUT2D eigenvalue weighted by Gasteiger charge is 2.61. The topological polar surface area (TPSA) is 67.2 Å². The summed E-state index contributed by atoms with van der Waals surface area (Å²) in [6.45, 7) is 2.02. The van der Waals surface area contributed by atoms with Crippen LogP contribution >= 0.6 is 0 Å². The summed E-state index contributed by atoms with van der Waals surface area (Å²) in [6.07, 6.45) is 4.85. The zero-order valence-corrected chi connectivity index (χ0v) is 11.9. The second-order valence-corrected chi connectivity index (χ2v) is 6.70. The van der Waals surface area contributed by atoms with Gasteiger partial charge in [0.25, 0.3) is 0 Å². The molecule has 4 saturated carbocycles. The summed E-state index contributed by atoms with van der Waals surface area (Å²) in [5.41, 5.74) is -1.17. The quantitative estimate of drug-likeness (QED) is 0.586. The lowest BCUT2D eigenvalue weighted by atomic mass is 9.63. The maximum atomic E-state index is 13.0. The van der Waals surface area contributed by atoms with Crippen LogP contribution in [0.4, 0.5) is 0 Å². The number of hydrogen-bond donors (Lipinski definition) is 0. The average molecular weight is 275 g/mol. The average Bonchev–Trinajstić information content (AvgIpc) is 2.54. The van der Waals surface area contributed by atoms with E-state index in [0.29, 0.717) is 11.8 Å². The van der Waals surface area contributed by atoms with Gasteiger partial charge in [-0.2, -0.15) is 5.26 Å². The molecule has 0 spiro atoms. The number of carbonyl (C=O) groups excluding carboxylic acids is 2. The van der Waals surface area contributed by atoms with Crippen LogP contribution in [-0.2, 0) is 14.3 Å². The second kappa shape index (κ2) is 4.87. The third kappa shape index (κ3) is 1.79. The highest BCUT2D eigenvalue weighted by Crippen LogP contribution is 2.57. The first-order valence-corrected chi connectivity index (χ1v) is 7.70. The van der Waals surface area contributed by atoms with Crippen molar-refractivity contribution < 1.29 is 14.3 Å². The molecule has 0 heterocycles. The van der Waals surface area contributed by atoms with Crippen molar-refractivity contribution in [3.8, 4) is 6.07 Å². The molecule has 4 fully saturated rings. The van der Waals surface area contributed by atoms with E-state index >= 15 is 0 Å². The molecule has 3 atom stereocenters. The molecule has 0 N–H and O–H groups in total. The zero-order chi connectivity index (χ0) is 14.3. The summed E-state index contributed by atoms with van der Waals surface area (Å²) in [5, 5.41) is 9.20. The van der Waals surface area contributed by atoms with E-state index in [1.165, 1.54) is 6.42 Å². The maximum Gasteiger partial charge on any atom is 0.320 e. The number of nitriles is 1. The van der Waals surface area contributed by atoms with Crippen molar-refractivity contribution in [2.24, 2.45) is 29.1 Å². The van der Waals surface area contributed by atoms with Crippen molar-refractivity contribution in [2.75, 3.05) is 6.61 Å². The van der Waals surface area contributed by atoms with Crippen LogP contribution in [0.3, 0.4) is 0 Å². The Kier molecular flexibility index (Phi) is 3.32. The van der Waals surface area contributed by atoms with Crippen molar-refractivity contribution in [1.82, 2.24) is 0 Å². The summed E-state index contributed by atoms with van der Waals surface area (Å²) in [7, 11) is 0. The van der Waals surface area contributed by atoms with E-state index < -0.39 is 11.4 Å². The summed E-state index contributed by atoms with van der Waals surface area (Å²) < 4.78 is 5.21. The second-order valence-electron chi connectivity index (χ2n) is 6.70. The van der Waals surface area contributed by atoms with Crippen LogP contribution in [0, 0.1) is 40.4 Å². The van der Waals surface area contributed by atoms with Gasteiger partial charge in [0.05, 0.1) is 19.1 Å². The lowest BCUT2D eigenvalue weighted by molar-refractivity contribution is -0.165. The fourth-order valence-corrected chi connectivity index (χ4v) is 4.99. The number of Topliss-reactive ketones (excluding diaryl/α,β-unsaturated/α-hetero) is 1. The molecule has 20 heavy (non-hydrogen) atoms.